The maximum absolute atomic E-state index is 12.9. The Morgan fingerprint density at radius 1 is 1.00 bits per heavy atom. The maximum atomic E-state index is 12.9. The lowest BCUT2D eigenvalue weighted by Crippen LogP contribution is -2.46. The van der Waals surface area contributed by atoms with Gasteiger partial charge >= 0.3 is 0 Å². The molecule has 4 rings (SSSR count). The first-order chi connectivity index (χ1) is 16.2. The Hall–Kier alpha value is -3.54. The second-order valence-electron chi connectivity index (χ2n) is 8.42. The van der Waals surface area contributed by atoms with Crippen molar-refractivity contribution in [1.82, 2.24) is 10.6 Å². The van der Waals surface area contributed by atoms with E-state index in [2.05, 4.69) is 15.5 Å². The largest absolute Gasteiger partial charge is 0.467 e. The number of carbonyl (C=O) groups excluding carboxylic acids is 2. The van der Waals surface area contributed by atoms with Crippen LogP contribution in [0.4, 0.5) is 5.69 Å². The molecule has 0 bridgehead atoms. The summed E-state index contributed by atoms with van der Waals surface area (Å²) >= 11 is 0. The number of hydrogen-bond acceptors (Lipinski definition) is 4. The number of carbonyl (C=O) groups is 2. The molecule has 1 atom stereocenters. The van der Waals surface area contributed by atoms with Crippen LogP contribution < -0.4 is 15.5 Å². The summed E-state index contributed by atoms with van der Waals surface area (Å²) < 4.78 is 5.30. The van der Waals surface area contributed by atoms with Gasteiger partial charge in [-0.15, -0.1) is 0 Å². The molecule has 1 aliphatic heterocycles. The van der Waals surface area contributed by atoms with E-state index in [9.17, 15) is 9.59 Å². The zero-order valence-corrected chi connectivity index (χ0v) is 19.0. The highest BCUT2D eigenvalue weighted by Gasteiger charge is 2.26. The summed E-state index contributed by atoms with van der Waals surface area (Å²) in [5, 5.41) is 6.19. The second kappa shape index (κ2) is 10.9. The van der Waals surface area contributed by atoms with Crippen molar-refractivity contribution in [3.63, 3.8) is 0 Å². The number of anilines is 1. The molecular formula is C27H31N3O3. The fourth-order valence-corrected chi connectivity index (χ4v) is 4.44. The number of nitrogens with one attached hydrogen (secondary N) is 2. The van der Waals surface area contributed by atoms with Gasteiger partial charge in [0.1, 0.15) is 5.76 Å². The van der Waals surface area contributed by atoms with Crippen LogP contribution in [0.25, 0.3) is 0 Å². The molecule has 33 heavy (non-hydrogen) atoms. The molecule has 2 aromatic carbocycles. The highest BCUT2D eigenvalue weighted by atomic mass is 16.3. The van der Waals surface area contributed by atoms with Gasteiger partial charge in [0.2, 0.25) is 5.91 Å². The van der Waals surface area contributed by atoms with E-state index in [4.69, 9.17) is 4.42 Å². The summed E-state index contributed by atoms with van der Waals surface area (Å²) in [6.45, 7) is 3.98. The normalized spacial score (nSPS) is 15.1. The number of piperidine rings is 1. The number of para-hydroxylation sites is 1. The first-order valence-electron chi connectivity index (χ1n) is 11.7. The molecule has 0 saturated carbocycles. The summed E-state index contributed by atoms with van der Waals surface area (Å²) in [6, 6.07) is 21.4. The fourth-order valence-electron chi connectivity index (χ4n) is 4.44. The molecule has 1 aliphatic rings. The van der Waals surface area contributed by atoms with Gasteiger partial charge < -0.3 is 20.0 Å². The molecule has 1 aromatic heterocycles. The molecule has 0 radical (unpaired) electrons. The van der Waals surface area contributed by atoms with Crippen LogP contribution in [0.15, 0.2) is 77.4 Å². The quantitative estimate of drug-likeness (QED) is 0.536. The monoisotopic (exact) mass is 445 g/mol. The topological polar surface area (TPSA) is 74.6 Å². The van der Waals surface area contributed by atoms with Crippen LogP contribution in [0, 0.1) is 0 Å². The number of nitrogens with zero attached hydrogens (tertiary/aromatic N) is 1. The highest BCUT2D eigenvalue weighted by Crippen LogP contribution is 2.25. The van der Waals surface area contributed by atoms with Crippen molar-refractivity contribution in [1.29, 1.82) is 0 Å². The lowest BCUT2D eigenvalue weighted by atomic mass is 9.94. The van der Waals surface area contributed by atoms with Gasteiger partial charge in [-0.05, 0) is 49.1 Å². The average Bonchev–Trinajstić information content (AvgIpc) is 3.38. The fraction of sp³-hybridized carbons (Fsp3) is 0.333. The van der Waals surface area contributed by atoms with Crippen molar-refractivity contribution in [3.8, 4) is 0 Å². The summed E-state index contributed by atoms with van der Waals surface area (Å²) in [4.78, 5) is 28.0. The van der Waals surface area contributed by atoms with Crippen LogP contribution in [0.5, 0.6) is 0 Å². The predicted octanol–water partition coefficient (Wildman–Crippen LogP) is 4.49. The zero-order valence-electron chi connectivity index (χ0n) is 19.0. The van der Waals surface area contributed by atoms with Crippen molar-refractivity contribution in [2.24, 2.45) is 0 Å². The Bertz CT molecular complexity index is 1040. The lowest BCUT2D eigenvalue weighted by Gasteiger charge is -2.35. The van der Waals surface area contributed by atoms with Gasteiger partial charge in [0.25, 0.3) is 5.91 Å². The second-order valence-corrected chi connectivity index (χ2v) is 8.42. The van der Waals surface area contributed by atoms with Crippen molar-refractivity contribution in [2.75, 3.05) is 18.0 Å². The average molecular weight is 446 g/mol. The summed E-state index contributed by atoms with van der Waals surface area (Å²) in [6.07, 6.45) is 4.06. The van der Waals surface area contributed by atoms with E-state index in [1.165, 1.54) is 0 Å². The van der Waals surface area contributed by atoms with Crippen molar-refractivity contribution < 1.29 is 14.0 Å². The van der Waals surface area contributed by atoms with Crippen molar-refractivity contribution >= 4 is 17.5 Å². The molecule has 2 amide bonds. The van der Waals surface area contributed by atoms with Crippen LogP contribution in [-0.2, 0) is 11.3 Å². The maximum Gasteiger partial charge on any atom is 0.253 e. The minimum absolute atomic E-state index is 0.0971. The highest BCUT2D eigenvalue weighted by molar-refractivity contribution is 5.99. The Labute approximate surface area is 195 Å². The van der Waals surface area contributed by atoms with Gasteiger partial charge in [0, 0.05) is 24.8 Å². The van der Waals surface area contributed by atoms with Gasteiger partial charge in [-0.25, -0.2) is 0 Å². The third-order valence-electron chi connectivity index (χ3n) is 6.26. The van der Waals surface area contributed by atoms with Crippen LogP contribution >= 0.6 is 0 Å². The molecule has 172 valence electrons. The third-order valence-corrected chi connectivity index (χ3v) is 6.26. The van der Waals surface area contributed by atoms with Crippen molar-refractivity contribution in [3.05, 3.63) is 89.9 Å². The Balaban J connectivity index is 1.34. The molecule has 0 spiro atoms. The molecule has 1 fully saturated rings. The lowest BCUT2D eigenvalue weighted by molar-refractivity contribution is -0.123. The Morgan fingerprint density at radius 2 is 1.73 bits per heavy atom. The van der Waals surface area contributed by atoms with Gasteiger partial charge in [0.15, 0.2) is 0 Å². The molecule has 0 aliphatic carbocycles. The molecule has 1 saturated heterocycles. The summed E-state index contributed by atoms with van der Waals surface area (Å²) in [7, 11) is 0. The van der Waals surface area contributed by atoms with E-state index in [1.54, 1.807) is 12.3 Å². The van der Waals surface area contributed by atoms with Crippen LogP contribution in [0.3, 0.4) is 0 Å². The SMILES string of the molecule is CC[C@@H](C(=O)NC1CCN(c2ccccc2C(=O)NCc2ccco2)CC1)c1ccccc1. The molecular weight excluding hydrogens is 414 g/mol. The standard InChI is InChI=1S/C27H31N3O3/c1-2-23(20-9-4-3-5-10-20)27(32)29-21-14-16-30(17-15-21)25-13-7-6-12-24(25)26(31)28-19-22-11-8-18-33-22/h3-13,18,21,23H,2,14-17,19H2,1H3,(H,28,31)(H,29,32)/t23-/m1/s1. The van der Waals surface area contributed by atoms with Gasteiger partial charge in [-0.3, -0.25) is 9.59 Å². The van der Waals surface area contributed by atoms with Crippen molar-refractivity contribution in [2.45, 2.75) is 44.7 Å². The summed E-state index contributed by atoms with van der Waals surface area (Å²) in [5.74, 6) is 0.576. The molecule has 6 nitrogen and oxygen atoms in total. The van der Waals surface area contributed by atoms with E-state index in [1.807, 2.05) is 67.6 Å². The van der Waals surface area contributed by atoms with E-state index < -0.39 is 0 Å². The molecule has 6 heteroatoms. The van der Waals surface area contributed by atoms with E-state index in [0.717, 1.165) is 49.4 Å². The summed E-state index contributed by atoms with van der Waals surface area (Å²) in [5.41, 5.74) is 2.64. The van der Waals surface area contributed by atoms with Gasteiger partial charge in [-0.2, -0.15) is 0 Å². The number of hydrogen-bond donors (Lipinski definition) is 2. The number of amides is 2. The number of furan rings is 1. The minimum Gasteiger partial charge on any atom is -0.467 e. The number of rotatable bonds is 8. The smallest absolute Gasteiger partial charge is 0.253 e. The Kier molecular flexibility index (Phi) is 7.45. The van der Waals surface area contributed by atoms with Crippen LogP contribution in [0.2, 0.25) is 0 Å². The van der Waals surface area contributed by atoms with Crippen LogP contribution in [0.1, 0.15) is 53.8 Å². The van der Waals surface area contributed by atoms with E-state index in [-0.39, 0.29) is 23.8 Å². The van der Waals surface area contributed by atoms with E-state index >= 15 is 0 Å². The first kappa shape index (κ1) is 22.6. The molecule has 2 heterocycles. The van der Waals surface area contributed by atoms with Gasteiger partial charge in [0.05, 0.1) is 24.3 Å². The third kappa shape index (κ3) is 5.64. The number of benzene rings is 2. The molecule has 3 aromatic rings. The molecule has 0 unspecified atom stereocenters. The Morgan fingerprint density at radius 3 is 2.42 bits per heavy atom. The minimum atomic E-state index is -0.122. The first-order valence-corrected chi connectivity index (χ1v) is 11.7. The van der Waals surface area contributed by atoms with E-state index in [0.29, 0.717) is 12.1 Å². The molecule has 2 N–H and O–H groups in total. The zero-order chi connectivity index (χ0) is 23.0. The van der Waals surface area contributed by atoms with Crippen LogP contribution in [-0.4, -0.2) is 30.9 Å². The predicted molar refractivity (Wildman–Crippen MR) is 129 cm³/mol. The van der Waals surface area contributed by atoms with Gasteiger partial charge in [-0.1, -0.05) is 49.4 Å².